The van der Waals surface area contributed by atoms with Crippen LogP contribution in [0.2, 0.25) is 0 Å². The highest BCUT2D eigenvalue weighted by Crippen LogP contribution is 2.27. The number of aryl methyl sites for hydroxylation is 4. The SMILES string of the molecule is Cc1cc(C)c(-c2cc(C(N)=O)c(C)[nH]2)cc1C. The van der Waals surface area contributed by atoms with Crippen molar-refractivity contribution in [1.82, 2.24) is 4.98 Å². The van der Waals surface area contributed by atoms with Gasteiger partial charge in [0.05, 0.1) is 5.56 Å². The van der Waals surface area contributed by atoms with Gasteiger partial charge in [-0.1, -0.05) is 6.07 Å². The van der Waals surface area contributed by atoms with Crippen LogP contribution in [0.25, 0.3) is 11.3 Å². The summed E-state index contributed by atoms with van der Waals surface area (Å²) in [6, 6.07) is 6.13. The van der Waals surface area contributed by atoms with Crippen LogP contribution in [-0.2, 0) is 0 Å². The fourth-order valence-corrected chi connectivity index (χ4v) is 2.21. The molecule has 1 aromatic heterocycles. The van der Waals surface area contributed by atoms with Crippen molar-refractivity contribution >= 4 is 5.91 Å². The number of aromatic amines is 1. The van der Waals surface area contributed by atoms with E-state index in [4.69, 9.17) is 5.73 Å². The highest BCUT2D eigenvalue weighted by atomic mass is 16.1. The molecular formula is C15H18N2O. The van der Waals surface area contributed by atoms with Crippen LogP contribution in [-0.4, -0.2) is 10.9 Å². The van der Waals surface area contributed by atoms with Crippen LogP contribution in [0.3, 0.4) is 0 Å². The molecule has 1 heterocycles. The Morgan fingerprint density at radius 2 is 1.61 bits per heavy atom. The van der Waals surface area contributed by atoms with Crippen LogP contribution in [0, 0.1) is 27.7 Å². The maximum atomic E-state index is 11.3. The monoisotopic (exact) mass is 242 g/mol. The van der Waals surface area contributed by atoms with E-state index in [9.17, 15) is 4.79 Å². The Morgan fingerprint density at radius 3 is 2.17 bits per heavy atom. The molecule has 0 bridgehead atoms. The van der Waals surface area contributed by atoms with Gasteiger partial charge < -0.3 is 10.7 Å². The number of nitrogens with one attached hydrogen (secondary N) is 1. The van der Waals surface area contributed by atoms with Gasteiger partial charge in [0.1, 0.15) is 0 Å². The molecule has 2 rings (SSSR count). The third kappa shape index (κ3) is 2.04. The van der Waals surface area contributed by atoms with Crippen molar-refractivity contribution < 1.29 is 4.79 Å². The maximum absolute atomic E-state index is 11.3. The third-order valence-corrected chi connectivity index (χ3v) is 3.41. The molecule has 3 N–H and O–H groups in total. The van der Waals surface area contributed by atoms with Crippen LogP contribution < -0.4 is 5.73 Å². The van der Waals surface area contributed by atoms with E-state index in [2.05, 4.69) is 37.9 Å². The summed E-state index contributed by atoms with van der Waals surface area (Å²) in [4.78, 5) is 14.5. The standard InChI is InChI=1S/C15H18N2O/c1-8-5-10(3)12(6-9(8)2)14-7-13(15(16)18)11(4)17-14/h5-7,17H,1-4H3,(H2,16,18). The van der Waals surface area contributed by atoms with Gasteiger partial charge in [0.2, 0.25) is 0 Å². The first-order chi connectivity index (χ1) is 8.40. The second-order valence-corrected chi connectivity index (χ2v) is 4.84. The predicted octanol–water partition coefficient (Wildman–Crippen LogP) is 3.01. The summed E-state index contributed by atoms with van der Waals surface area (Å²) in [6.45, 7) is 8.12. The average Bonchev–Trinajstić information content (AvgIpc) is 2.65. The minimum atomic E-state index is -0.392. The molecule has 1 amide bonds. The Hall–Kier alpha value is -2.03. The lowest BCUT2D eigenvalue weighted by Gasteiger charge is -2.08. The number of aromatic nitrogens is 1. The molecule has 0 radical (unpaired) electrons. The zero-order valence-electron chi connectivity index (χ0n) is 11.2. The largest absolute Gasteiger partial charge is 0.366 e. The van der Waals surface area contributed by atoms with E-state index in [-0.39, 0.29) is 0 Å². The fourth-order valence-electron chi connectivity index (χ4n) is 2.21. The van der Waals surface area contributed by atoms with Crippen molar-refractivity contribution in [2.24, 2.45) is 5.73 Å². The lowest BCUT2D eigenvalue weighted by molar-refractivity contribution is 0.1000. The number of hydrogen-bond acceptors (Lipinski definition) is 1. The molecular weight excluding hydrogens is 224 g/mol. The Bertz CT molecular complexity index is 624. The normalized spacial score (nSPS) is 10.7. The second-order valence-electron chi connectivity index (χ2n) is 4.84. The molecule has 1 aromatic carbocycles. The smallest absolute Gasteiger partial charge is 0.250 e. The van der Waals surface area contributed by atoms with Gasteiger partial charge in [-0.3, -0.25) is 4.79 Å². The van der Waals surface area contributed by atoms with Gasteiger partial charge in [0.15, 0.2) is 0 Å². The molecule has 0 spiro atoms. The van der Waals surface area contributed by atoms with Crippen LogP contribution in [0.5, 0.6) is 0 Å². The summed E-state index contributed by atoms with van der Waals surface area (Å²) in [5.41, 5.74) is 12.5. The van der Waals surface area contributed by atoms with E-state index in [1.54, 1.807) is 0 Å². The van der Waals surface area contributed by atoms with Crippen molar-refractivity contribution in [1.29, 1.82) is 0 Å². The van der Waals surface area contributed by atoms with Gasteiger partial charge in [-0.05, 0) is 56.5 Å². The number of H-pyrrole nitrogens is 1. The number of carbonyl (C=O) groups is 1. The molecule has 0 unspecified atom stereocenters. The Balaban J connectivity index is 2.59. The van der Waals surface area contributed by atoms with Gasteiger partial charge in [-0.15, -0.1) is 0 Å². The molecule has 0 fully saturated rings. The summed E-state index contributed by atoms with van der Waals surface area (Å²) in [5, 5.41) is 0. The number of benzene rings is 1. The summed E-state index contributed by atoms with van der Waals surface area (Å²) in [6.07, 6.45) is 0. The summed E-state index contributed by atoms with van der Waals surface area (Å²) in [5.74, 6) is -0.392. The number of nitrogens with two attached hydrogens (primary N) is 1. The Morgan fingerprint density at radius 1 is 1.00 bits per heavy atom. The minimum absolute atomic E-state index is 0.392. The van der Waals surface area contributed by atoms with Crippen molar-refractivity contribution in [2.45, 2.75) is 27.7 Å². The molecule has 18 heavy (non-hydrogen) atoms. The highest BCUT2D eigenvalue weighted by molar-refractivity contribution is 5.95. The first-order valence-electron chi connectivity index (χ1n) is 5.97. The van der Waals surface area contributed by atoms with Crippen LogP contribution in [0.4, 0.5) is 0 Å². The number of amides is 1. The molecule has 0 aliphatic carbocycles. The Labute approximate surface area is 107 Å². The summed E-state index contributed by atoms with van der Waals surface area (Å²) in [7, 11) is 0. The van der Waals surface area contributed by atoms with Gasteiger partial charge in [-0.25, -0.2) is 0 Å². The van der Waals surface area contributed by atoms with Crippen LogP contribution >= 0.6 is 0 Å². The molecule has 3 nitrogen and oxygen atoms in total. The zero-order chi connectivity index (χ0) is 13.4. The summed E-state index contributed by atoms with van der Waals surface area (Å²) < 4.78 is 0. The van der Waals surface area contributed by atoms with Crippen LogP contribution in [0.15, 0.2) is 18.2 Å². The van der Waals surface area contributed by atoms with E-state index in [1.165, 1.54) is 16.7 Å². The first kappa shape index (κ1) is 12.4. The van der Waals surface area contributed by atoms with E-state index in [1.807, 2.05) is 13.0 Å². The van der Waals surface area contributed by atoms with Gasteiger partial charge >= 0.3 is 0 Å². The number of hydrogen-bond donors (Lipinski definition) is 2. The molecule has 0 aliphatic heterocycles. The fraction of sp³-hybridized carbons (Fsp3) is 0.267. The molecule has 0 saturated carbocycles. The zero-order valence-corrected chi connectivity index (χ0v) is 11.2. The predicted molar refractivity (Wildman–Crippen MR) is 73.7 cm³/mol. The molecule has 3 heteroatoms. The second kappa shape index (κ2) is 4.33. The molecule has 0 atom stereocenters. The van der Waals surface area contributed by atoms with Gasteiger partial charge in [-0.2, -0.15) is 0 Å². The van der Waals surface area contributed by atoms with Gasteiger partial charge in [0.25, 0.3) is 5.91 Å². The van der Waals surface area contributed by atoms with E-state index in [0.717, 1.165) is 17.0 Å². The van der Waals surface area contributed by atoms with E-state index < -0.39 is 5.91 Å². The van der Waals surface area contributed by atoms with Crippen molar-refractivity contribution in [3.05, 3.63) is 46.1 Å². The Kier molecular flexibility index (Phi) is 2.99. The highest BCUT2D eigenvalue weighted by Gasteiger charge is 2.12. The lowest BCUT2D eigenvalue weighted by Crippen LogP contribution is -2.10. The van der Waals surface area contributed by atoms with Crippen molar-refractivity contribution in [2.75, 3.05) is 0 Å². The average molecular weight is 242 g/mol. The topological polar surface area (TPSA) is 58.9 Å². The molecule has 0 aliphatic rings. The summed E-state index contributed by atoms with van der Waals surface area (Å²) >= 11 is 0. The lowest BCUT2D eigenvalue weighted by atomic mass is 9.99. The van der Waals surface area contributed by atoms with E-state index in [0.29, 0.717) is 5.56 Å². The first-order valence-corrected chi connectivity index (χ1v) is 5.97. The van der Waals surface area contributed by atoms with Crippen LogP contribution in [0.1, 0.15) is 32.7 Å². The molecule has 0 saturated heterocycles. The van der Waals surface area contributed by atoms with Crippen molar-refractivity contribution in [3.63, 3.8) is 0 Å². The number of carbonyl (C=O) groups excluding carboxylic acids is 1. The third-order valence-electron chi connectivity index (χ3n) is 3.41. The maximum Gasteiger partial charge on any atom is 0.250 e. The van der Waals surface area contributed by atoms with Gasteiger partial charge in [0, 0.05) is 17.0 Å². The minimum Gasteiger partial charge on any atom is -0.366 e. The van der Waals surface area contributed by atoms with Crippen molar-refractivity contribution in [3.8, 4) is 11.3 Å². The number of rotatable bonds is 2. The molecule has 94 valence electrons. The quantitative estimate of drug-likeness (QED) is 0.835. The van der Waals surface area contributed by atoms with E-state index >= 15 is 0 Å². The number of primary amides is 1. The molecule has 2 aromatic rings.